The van der Waals surface area contributed by atoms with Crippen molar-refractivity contribution in [1.29, 1.82) is 0 Å². The fourth-order valence-electron chi connectivity index (χ4n) is 3.14. The number of hydrogen-bond acceptors (Lipinski definition) is 3. The normalized spacial score (nSPS) is 10.9. The molecule has 6 nitrogen and oxygen atoms in total. The molecule has 2 aromatic carbocycles. The Morgan fingerprint density at radius 3 is 2.34 bits per heavy atom. The predicted molar refractivity (Wildman–Crippen MR) is 143 cm³/mol. The number of carbonyl (C=O) groups is 1. The first-order valence-electron chi connectivity index (χ1n) is 11.0. The number of benzene rings is 2. The predicted octanol–water partition coefficient (Wildman–Crippen LogP) is 3.75. The highest BCUT2D eigenvalue weighted by Crippen LogP contribution is 2.07. The van der Waals surface area contributed by atoms with Crippen LogP contribution in [0.15, 0.2) is 59.6 Å². The van der Waals surface area contributed by atoms with Crippen LogP contribution in [0.3, 0.4) is 0 Å². The van der Waals surface area contributed by atoms with Crippen molar-refractivity contribution in [3.63, 3.8) is 0 Å². The fourth-order valence-corrected chi connectivity index (χ4v) is 3.14. The maximum absolute atomic E-state index is 12.1. The number of hydrogen-bond donors (Lipinski definition) is 2. The van der Waals surface area contributed by atoms with Crippen molar-refractivity contribution in [2.75, 3.05) is 47.4 Å². The van der Waals surface area contributed by atoms with Crippen molar-refractivity contribution < 1.29 is 9.53 Å². The van der Waals surface area contributed by atoms with Crippen LogP contribution in [0.2, 0.25) is 0 Å². The second kappa shape index (κ2) is 16.5. The number of ether oxygens (including phenoxy) is 1. The zero-order valence-electron chi connectivity index (χ0n) is 19.5. The van der Waals surface area contributed by atoms with Crippen LogP contribution in [0.5, 0.6) is 0 Å². The average molecular weight is 553 g/mol. The SMILES string of the molecule is CN=C(NCCCCOCCc1ccccc1)NCCc1cccc(C(=O)N(C)C)c1.I. The van der Waals surface area contributed by atoms with E-state index in [4.69, 9.17) is 4.74 Å². The highest BCUT2D eigenvalue weighted by molar-refractivity contribution is 14.0. The van der Waals surface area contributed by atoms with E-state index in [1.807, 2.05) is 30.3 Å². The largest absolute Gasteiger partial charge is 0.381 e. The van der Waals surface area contributed by atoms with E-state index in [-0.39, 0.29) is 29.9 Å². The molecule has 0 radical (unpaired) electrons. The maximum Gasteiger partial charge on any atom is 0.253 e. The number of halogens is 1. The molecular weight excluding hydrogens is 515 g/mol. The van der Waals surface area contributed by atoms with Gasteiger partial charge in [0, 0.05) is 46.4 Å². The zero-order chi connectivity index (χ0) is 22.3. The smallest absolute Gasteiger partial charge is 0.253 e. The Morgan fingerprint density at radius 2 is 1.62 bits per heavy atom. The van der Waals surface area contributed by atoms with Crippen LogP contribution < -0.4 is 10.6 Å². The van der Waals surface area contributed by atoms with Gasteiger partial charge in [-0.25, -0.2) is 0 Å². The standard InChI is InChI=1S/C25H36N4O2.HI/c1-26-25(27-16-7-8-18-31-19-15-21-10-5-4-6-11-21)28-17-14-22-12-9-13-23(20-22)24(30)29(2)3;/h4-6,9-13,20H,7-8,14-19H2,1-3H3,(H2,26,27,28);1H. The molecule has 0 saturated heterocycles. The van der Waals surface area contributed by atoms with E-state index >= 15 is 0 Å². The van der Waals surface area contributed by atoms with Gasteiger partial charge in [-0.05, 0) is 48.9 Å². The fraction of sp³-hybridized carbons (Fsp3) is 0.440. The lowest BCUT2D eigenvalue weighted by Crippen LogP contribution is -2.38. The molecule has 2 aromatic rings. The van der Waals surface area contributed by atoms with Crippen molar-refractivity contribution in [2.24, 2.45) is 4.99 Å². The number of nitrogens with one attached hydrogen (secondary N) is 2. The summed E-state index contributed by atoms with van der Waals surface area (Å²) in [5.41, 5.74) is 3.16. The number of amides is 1. The van der Waals surface area contributed by atoms with Crippen molar-refractivity contribution in [1.82, 2.24) is 15.5 Å². The lowest BCUT2D eigenvalue weighted by atomic mass is 10.1. The third-order valence-electron chi connectivity index (χ3n) is 4.90. The molecule has 0 aromatic heterocycles. The van der Waals surface area contributed by atoms with Crippen LogP contribution in [0.25, 0.3) is 0 Å². The molecule has 1 amide bonds. The second-order valence-electron chi connectivity index (χ2n) is 7.63. The summed E-state index contributed by atoms with van der Waals surface area (Å²) in [6.07, 6.45) is 3.83. The first-order valence-corrected chi connectivity index (χ1v) is 11.0. The van der Waals surface area contributed by atoms with Gasteiger partial charge in [-0.3, -0.25) is 9.79 Å². The zero-order valence-corrected chi connectivity index (χ0v) is 21.8. The van der Waals surface area contributed by atoms with E-state index in [0.717, 1.165) is 69.1 Å². The molecule has 32 heavy (non-hydrogen) atoms. The third kappa shape index (κ3) is 10.9. The molecule has 7 heteroatoms. The van der Waals surface area contributed by atoms with Gasteiger partial charge in [0.05, 0.1) is 6.61 Å². The highest BCUT2D eigenvalue weighted by atomic mass is 127. The average Bonchev–Trinajstić information content (AvgIpc) is 2.79. The van der Waals surface area contributed by atoms with Gasteiger partial charge >= 0.3 is 0 Å². The molecule has 0 bridgehead atoms. The van der Waals surface area contributed by atoms with Crippen LogP contribution in [-0.4, -0.2) is 64.2 Å². The minimum absolute atomic E-state index is 0. The molecule has 176 valence electrons. The van der Waals surface area contributed by atoms with Gasteiger partial charge in [0.2, 0.25) is 0 Å². The summed E-state index contributed by atoms with van der Waals surface area (Å²) >= 11 is 0. The van der Waals surface area contributed by atoms with Gasteiger partial charge < -0.3 is 20.3 Å². The van der Waals surface area contributed by atoms with Crippen molar-refractivity contribution in [3.8, 4) is 0 Å². The van der Waals surface area contributed by atoms with E-state index in [9.17, 15) is 4.79 Å². The first-order chi connectivity index (χ1) is 15.1. The number of rotatable bonds is 12. The Labute approximate surface area is 209 Å². The quantitative estimate of drug-likeness (QED) is 0.182. The molecule has 0 unspecified atom stereocenters. The molecule has 2 N–H and O–H groups in total. The Bertz CT molecular complexity index is 813. The molecule has 0 heterocycles. The van der Waals surface area contributed by atoms with E-state index in [1.165, 1.54) is 5.56 Å². The van der Waals surface area contributed by atoms with Gasteiger partial charge in [0.25, 0.3) is 5.91 Å². The summed E-state index contributed by atoms with van der Waals surface area (Å²) in [5.74, 6) is 0.821. The Hall–Kier alpha value is -2.13. The second-order valence-corrected chi connectivity index (χ2v) is 7.63. The Morgan fingerprint density at radius 1 is 0.906 bits per heavy atom. The molecule has 0 spiro atoms. The number of nitrogens with zero attached hydrogens (tertiary/aromatic N) is 2. The lowest BCUT2D eigenvalue weighted by molar-refractivity contribution is 0.0827. The van der Waals surface area contributed by atoms with Gasteiger partial charge in [-0.15, -0.1) is 24.0 Å². The lowest BCUT2D eigenvalue weighted by Gasteiger charge is -2.13. The maximum atomic E-state index is 12.1. The Kier molecular flexibility index (Phi) is 14.4. The van der Waals surface area contributed by atoms with E-state index < -0.39 is 0 Å². The molecule has 2 rings (SSSR count). The van der Waals surface area contributed by atoms with E-state index in [2.05, 4.69) is 39.9 Å². The summed E-state index contributed by atoms with van der Waals surface area (Å²) in [6, 6.07) is 18.2. The van der Waals surface area contributed by atoms with Crippen LogP contribution in [0.1, 0.15) is 34.3 Å². The number of guanidine groups is 1. The summed E-state index contributed by atoms with van der Waals surface area (Å²) in [5, 5.41) is 6.67. The van der Waals surface area contributed by atoms with Gasteiger partial charge in [0.15, 0.2) is 5.96 Å². The van der Waals surface area contributed by atoms with Crippen LogP contribution >= 0.6 is 24.0 Å². The molecule has 0 fully saturated rings. The first kappa shape index (κ1) is 27.9. The Balaban J connectivity index is 0.00000512. The topological polar surface area (TPSA) is 66.0 Å². The molecule has 0 saturated carbocycles. The van der Waals surface area contributed by atoms with Crippen LogP contribution in [0, 0.1) is 0 Å². The number of aliphatic imine (C=N–C) groups is 1. The summed E-state index contributed by atoms with van der Waals surface area (Å²) in [4.78, 5) is 18.0. The number of unbranched alkanes of at least 4 members (excludes halogenated alkanes) is 1. The van der Waals surface area contributed by atoms with Crippen LogP contribution in [-0.2, 0) is 17.6 Å². The van der Waals surface area contributed by atoms with Crippen molar-refractivity contribution in [2.45, 2.75) is 25.7 Å². The van der Waals surface area contributed by atoms with E-state index in [0.29, 0.717) is 0 Å². The molecule has 0 aliphatic heterocycles. The summed E-state index contributed by atoms with van der Waals surface area (Å²) < 4.78 is 5.73. The van der Waals surface area contributed by atoms with E-state index in [1.54, 1.807) is 26.0 Å². The highest BCUT2D eigenvalue weighted by Gasteiger charge is 2.08. The van der Waals surface area contributed by atoms with Crippen molar-refractivity contribution >= 4 is 35.8 Å². The van der Waals surface area contributed by atoms with Crippen molar-refractivity contribution in [3.05, 3.63) is 71.3 Å². The number of carbonyl (C=O) groups excluding carboxylic acids is 1. The van der Waals surface area contributed by atoms with Gasteiger partial charge in [-0.1, -0.05) is 42.5 Å². The minimum atomic E-state index is 0. The van der Waals surface area contributed by atoms with Crippen LogP contribution in [0.4, 0.5) is 0 Å². The summed E-state index contributed by atoms with van der Waals surface area (Å²) in [7, 11) is 5.31. The molecule has 0 atom stereocenters. The third-order valence-corrected chi connectivity index (χ3v) is 4.90. The molecular formula is C25H37IN4O2. The summed E-state index contributed by atoms with van der Waals surface area (Å²) in [6.45, 7) is 3.15. The van der Waals surface area contributed by atoms with Gasteiger partial charge in [-0.2, -0.15) is 0 Å². The van der Waals surface area contributed by atoms with Gasteiger partial charge in [0.1, 0.15) is 0 Å². The minimum Gasteiger partial charge on any atom is -0.381 e. The monoisotopic (exact) mass is 552 g/mol. The molecule has 0 aliphatic rings. The molecule has 0 aliphatic carbocycles.